The molecule has 26 heavy (non-hydrogen) atoms. The van der Waals surface area contributed by atoms with Gasteiger partial charge in [-0.1, -0.05) is 24.3 Å². The van der Waals surface area contributed by atoms with Gasteiger partial charge in [-0.3, -0.25) is 9.59 Å². The summed E-state index contributed by atoms with van der Waals surface area (Å²) in [5.41, 5.74) is 1.64. The van der Waals surface area contributed by atoms with Gasteiger partial charge in [-0.2, -0.15) is 5.26 Å². The molecule has 0 unspecified atom stereocenters. The van der Waals surface area contributed by atoms with Gasteiger partial charge in [0.2, 0.25) is 0 Å². The van der Waals surface area contributed by atoms with E-state index in [-0.39, 0.29) is 29.3 Å². The Labute approximate surface area is 149 Å². The van der Waals surface area contributed by atoms with E-state index in [0.717, 1.165) is 0 Å². The fourth-order valence-corrected chi connectivity index (χ4v) is 2.69. The summed E-state index contributed by atoms with van der Waals surface area (Å²) in [7, 11) is 0. The van der Waals surface area contributed by atoms with Gasteiger partial charge in [0.1, 0.15) is 6.07 Å². The number of ketones is 2. The molecular formula is C20H14N2O4. The van der Waals surface area contributed by atoms with Crippen molar-refractivity contribution < 1.29 is 19.1 Å². The highest BCUT2D eigenvalue weighted by Gasteiger charge is 2.29. The predicted octanol–water partition coefficient (Wildman–Crippen LogP) is 2.84. The van der Waals surface area contributed by atoms with Gasteiger partial charge in [-0.15, -0.1) is 0 Å². The molecule has 0 aliphatic heterocycles. The van der Waals surface area contributed by atoms with Crippen LogP contribution in [0.1, 0.15) is 38.8 Å². The quantitative estimate of drug-likeness (QED) is 0.443. The van der Waals surface area contributed by atoms with Crippen LogP contribution in [0.4, 0.5) is 5.69 Å². The summed E-state index contributed by atoms with van der Waals surface area (Å²) in [4.78, 5) is 36.8. The number of nitrogens with zero attached hydrogens (tertiary/aromatic N) is 1. The number of hydrogen-bond donors (Lipinski definition) is 1. The molecule has 0 spiro atoms. The first-order chi connectivity index (χ1) is 12.6. The van der Waals surface area contributed by atoms with Gasteiger partial charge in [0.25, 0.3) is 0 Å². The topological polar surface area (TPSA) is 96.3 Å². The average molecular weight is 346 g/mol. The summed E-state index contributed by atoms with van der Waals surface area (Å²) in [5.74, 6) is -1.18. The Hall–Kier alpha value is -3.72. The van der Waals surface area contributed by atoms with Gasteiger partial charge in [-0.05, 0) is 25.1 Å². The molecule has 0 aromatic heterocycles. The van der Waals surface area contributed by atoms with Gasteiger partial charge in [0, 0.05) is 34.1 Å². The van der Waals surface area contributed by atoms with E-state index >= 15 is 0 Å². The number of rotatable bonds is 4. The SMILES string of the molecule is CCOC(=O)/C(C#N)=C\Nc1ccc2c(c1)C(=O)c1ccccc1C2=O. The summed E-state index contributed by atoms with van der Waals surface area (Å²) in [5, 5.41) is 11.8. The maximum absolute atomic E-state index is 12.7. The monoisotopic (exact) mass is 346 g/mol. The number of hydrogen-bond acceptors (Lipinski definition) is 6. The van der Waals surface area contributed by atoms with E-state index < -0.39 is 5.97 Å². The summed E-state index contributed by atoms with van der Waals surface area (Å²) < 4.78 is 4.78. The van der Waals surface area contributed by atoms with Crippen LogP contribution in [0.25, 0.3) is 0 Å². The third-order valence-electron chi connectivity index (χ3n) is 3.92. The minimum Gasteiger partial charge on any atom is -0.462 e. The van der Waals surface area contributed by atoms with Crippen molar-refractivity contribution in [2.24, 2.45) is 0 Å². The van der Waals surface area contributed by atoms with Crippen LogP contribution in [0.15, 0.2) is 54.2 Å². The number of benzene rings is 2. The minimum absolute atomic E-state index is 0.159. The van der Waals surface area contributed by atoms with Crippen molar-refractivity contribution in [2.75, 3.05) is 11.9 Å². The van der Waals surface area contributed by atoms with E-state index in [1.807, 2.05) is 0 Å². The zero-order chi connectivity index (χ0) is 18.7. The molecule has 1 aliphatic carbocycles. The molecule has 6 nitrogen and oxygen atoms in total. The molecule has 0 amide bonds. The third-order valence-corrected chi connectivity index (χ3v) is 3.92. The van der Waals surface area contributed by atoms with E-state index in [2.05, 4.69) is 5.32 Å². The van der Waals surface area contributed by atoms with Crippen molar-refractivity contribution in [2.45, 2.75) is 6.92 Å². The van der Waals surface area contributed by atoms with Gasteiger partial charge in [0.15, 0.2) is 17.1 Å². The number of anilines is 1. The number of carbonyl (C=O) groups is 3. The van der Waals surface area contributed by atoms with Crippen LogP contribution in [0, 0.1) is 11.3 Å². The first-order valence-electron chi connectivity index (χ1n) is 7.93. The Kier molecular flexibility index (Phi) is 4.63. The largest absolute Gasteiger partial charge is 0.462 e. The highest BCUT2D eigenvalue weighted by Crippen LogP contribution is 2.29. The summed E-state index contributed by atoms with van der Waals surface area (Å²) >= 11 is 0. The molecule has 0 heterocycles. The van der Waals surface area contributed by atoms with Crippen LogP contribution >= 0.6 is 0 Å². The molecule has 0 radical (unpaired) electrons. The van der Waals surface area contributed by atoms with Crippen molar-refractivity contribution in [3.63, 3.8) is 0 Å². The Balaban J connectivity index is 1.93. The lowest BCUT2D eigenvalue weighted by Gasteiger charge is -2.18. The Morgan fingerprint density at radius 1 is 1.08 bits per heavy atom. The zero-order valence-corrected chi connectivity index (χ0v) is 13.9. The van der Waals surface area contributed by atoms with Crippen LogP contribution in [-0.2, 0) is 9.53 Å². The first-order valence-corrected chi connectivity index (χ1v) is 7.93. The maximum Gasteiger partial charge on any atom is 0.350 e. The molecule has 0 saturated heterocycles. The number of nitrogens with one attached hydrogen (secondary N) is 1. The molecule has 0 atom stereocenters. The minimum atomic E-state index is -0.736. The second kappa shape index (κ2) is 7.03. The standard InChI is InChI=1S/C20H14N2O4/c1-2-26-20(25)12(10-21)11-22-13-7-8-16-17(9-13)19(24)15-6-4-3-5-14(15)18(16)23/h3-9,11,22H,2H2,1H3/b12-11-. The van der Waals surface area contributed by atoms with Gasteiger partial charge in [-0.25, -0.2) is 4.79 Å². The van der Waals surface area contributed by atoms with Crippen molar-refractivity contribution >= 4 is 23.2 Å². The average Bonchev–Trinajstić information content (AvgIpc) is 2.66. The van der Waals surface area contributed by atoms with Gasteiger partial charge < -0.3 is 10.1 Å². The number of ether oxygens (including phenoxy) is 1. The molecule has 6 heteroatoms. The van der Waals surface area contributed by atoms with Crippen molar-refractivity contribution in [1.82, 2.24) is 0 Å². The number of nitriles is 1. The molecule has 0 fully saturated rings. The molecule has 2 aromatic rings. The lowest BCUT2D eigenvalue weighted by molar-refractivity contribution is -0.138. The van der Waals surface area contributed by atoms with Crippen molar-refractivity contribution in [1.29, 1.82) is 5.26 Å². The molecule has 3 rings (SSSR count). The second-order valence-electron chi connectivity index (χ2n) is 5.50. The van der Waals surface area contributed by atoms with E-state index in [1.165, 1.54) is 12.3 Å². The third kappa shape index (κ3) is 2.98. The first kappa shape index (κ1) is 17.1. The molecule has 0 saturated carbocycles. The predicted molar refractivity (Wildman–Crippen MR) is 93.7 cm³/mol. The van der Waals surface area contributed by atoms with E-state index in [0.29, 0.717) is 22.4 Å². The fraction of sp³-hybridized carbons (Fsp3) is 0.100. The number of carbonyl (C=O) groups excluding carboxylic acids is 3. The van der Waals surface area contributed by atoms with Crippen molar-refractivity contribution in [3.8, 4) is 6.07 Å². The fourth-order valence-electron chi connectivity index (χ4n) is 2.69. The van der Waals surface area contributed by atoms with Crippen LogP contribution in [-0.4, -0.2) is 24.1 Å². The normalized spacial score (nSPS) is 12.7. The molecule has 128 valence electrons. The van der Waals surface area contributed by atoms with Crippen LogP contribution in [0.2, 0.25) is 0 Å². The van der Waals surface area contributed by atoms with E-state index in [9.17, 15) is 14.4 Å². The lowest BCUT2D eigenvalue weighted by Crippen LogP contribution is -2.20. The Morgan fingerprint density at radius 2 is 1.69 bits per heavy atom. The van der Waals surface area contributed by atoms with Crippen LogP contribution in [0.3, 0.4) is 0 Å². The highest BCUT2D eigenvalue weighted by atomic mass is 16.5. The molecule has 1 N–H and O–H groups in total. The molecular weight excluding hydrogens is 332 g/mol. The maximum atomic E-state index is 12.7. The van der Waals surface area contributed by atoms with E-state index in [1.54, 1.807) is 49.4 Å². The lowest BCUT2D eigenvalue weighted by atomic mass is 9.84. The van der Waals surface area contributed by atoms with Crippen molar-refractivity contribution in [3.05, 3.63) is 76.5 Å². The van der Waals surface area contributed by atoms with Gasteiger partial charge in [0.05, 0.1) is 6.61 Å². The second-order valence-corrected chi connectivity index (χ2v) is 5.50. The van der Waals surface area contributed by atoms with Crippen LogP contribution in [0.5, 0.6) is 0 Å². The summed E-state index contributed by atoms with van der Waals surface area (Å²) in [6, 6.07) is 13.1. The molecule has 2 aromatic carbocycles. The zero-order valence-electron chi connectivity index (χ0n) is 13.9. The number of esters is 1. The van der Waals surface area contributed by atoms with E-state index in [4.69, 9.17) is 10.00 Å². The highest BCUT2D eigenvalue weighted by molar-refractivity contribution is 6.28. The molecule has 1 aliphatic rings. The van der Waals surface area contributed by atoms with Gasteiger partial charge >= 0.3 is 5.97 Å². The Morgan fingerprint density at radius 3 is 2.31 bits per heavy atom. The number of fused-ring (bicyclic) bond motifs is 2. The smallest absolute Gasteiger partial charge is 0.350 e. The summed E-state index contributed by atoms with van der Waals surface area (Å²) in [6.45, 7) is 1.80. The van der Waals surface area contributed by atoms with Crippen LogP contribution < -0.4 is 5.32 Å². The molecule has 0 bridgehead atoms. The summed E-state index contributed by atoms with van der Waals surface area (Å²) in [6.07, 6.45) is 1.21. The Bertz CT molecular complexity index is 999.